The number of hydrogen-bond acceptors (Lipinski definition) is 1. The van der Waals surface area contributed by atoms with Gasteiger partial charge in [-0.25, -0.2) is 4.39 Å². The molecule has 0 atom stereocenters. The first-order chi connectivity index (χ1) is 7.24. The SMILES string of the molecule is Fc1ccc(Cl)cc1CCNCCCCl. The van der Waals surface area contributed by atoms with Crippen LogP contribution < -0.4 is 5.32 Å². The predicted octanol–water partition coefficient (Wildman–Crippen LogP) is 3.24. The van der Waals surface area contributed by atoms with Crippen molar-refractivity contribution in [3.8, 4) is 0 Å². The summed E-state index contributed by atoms with van der Waals surface area (Å²) in [5.74, 6) is 0.456. The molecule has 15 heavy (non-hydrogen) atoms. The van der Waals surface area contributed by atoms with E-state index in [0.717, 1.165) is 19.5 Å². The Bertz CT molecular complexity index is 305. The van der Waals surface area contributed by atoms with Gasteiger partial charge in [-0.15, -0.1) is 11.6 Å². The molecule has 1 rings (SSSR count). The van der Waals surface area contributed by atoms with Gasteiger partial charge in [0.2, 0.25) is 0 Å². The quantitative estimate of drug-likeness (QED) is 0.603. The first-order valence-corrected chi connectivity index (χ1v) is 5.86. The fraction of sp³-hybridized carbons (Fsp3) is 0.455. The fourth-order valence-electron chi connectivity index (χ4n) is 1.27. The summed E-state index contributed by atoms with van der Waals surface area (Å²) in [6.07, 6.45) is 1.58. The molecule has 0 fully saturated rings. The maximum Gasteiger partial charge on any atom is 0.126 e. The van der Waals surface area contributed by atoms with E-state index in [9.17, 15) is 4.39 Å². The van der Waals surface area contributed by atoms with Crippen LogP contribution in [0.3, 0.4) is 0 Å². The standard InChI is InChI=1S/C11H14Cl2FN/c12-5-1-6-15-7-4-9-8-10(13)2-3-11(9)14/h2-3,8,15H,1,4-7H2. The van der Waals surface area contributed by atoms with Crippen LogP contribution >= 0.6 is 23.2 Å². The van der Waals surface area contributed by atoms with Crippen molar-refractivity contribution < 1.29 is 4.39 Å². The fourth-order valence-corrected chi connectivity index (χ4v) is 1.60. The van der Waals surface area contributed by atoms with Crippen LogP contribution in [0.15, 0.2) is 18.2 Å². The Labute approximate surface area is 99.6 Å². The van der Waals surface area contributed by atoms with Crippen molar-refractivity contribution in [2.24, 2.45) is 0 Å². The molecule has 0 aromatic heterocycles. The van der Waals surface area contributed by atoms with E-state index in [1.807, 2.05) is 0 Å². The second kappa shape index (κ2) is 7.04. The van der Waals surface area contributed by atoms with E-state index in [1.54, 1.807) is 12.1 Å². The Balaban J connectivity index is 2.33. The molecule has 0 radical (unpaired) electrons. The van der Waals surface area contributed by atoms with Gasteiger partial charge in [-0.3, -0.25) is 0 Å². The van der Waals surface area contributed by atoms with Gasteiger partial charge in [-0.1, -0.05) is 11.6 Å². The maximum absolute atomic E-state index is 13.2. The topological polar surface area (TPSA) is 12.0 Å². The lowest BCUT2D eigenvalue weighted by Gasteiger charge is -2.05. The van der Waals surface area contributed by atoms with Crippen molar-refractivity contribution in [2.75, 3.05) is 19.0 Å². The van der Waals surface area contributed by atoms with Crippen LogP contribution in [0.2, 0.25) is 5.02 Å². The molecule has 0 amide bonds. The van der Waals surface area contributed by atoms with Gasteiger partial charge in [0.05, 0.1) is 0 Å². The van der Waals surface area contributed by atoms with E-state index in [-0.39, 0.29) is 5.82 Å². The van der Waals surface area contributed by atoms with Crippen LogP contribution in [-0.2, 0) is 6.42 Å². The number of alkyl halides is 1. The van der Waals surface area contributed by atoms with Gasteiger partial charge in [0.25, 0.3) is 0 Å². The van der Waals surface area contributed by atoms with Gasteiger partial charge in [0.1, 0.15) is 5.82 Å². The monoisotopic (exact) mass is 249 g/mol. The summed E-state index contributed by atoms with van der Waals surface area (Å²) in [4.78, 5) is 0. The van der Waals surface area contributed by atoms with Crippen LogP contribution in [0.25, 0.3) is 0 Å². The summed E-state index contributed by atoms with van der Waals surface area (Å²) < 4.78 is 13.2. The van der Waals surface area contributed by atoms with E-state index >= 15 is 0 Å². The van der Waals surface area contributed by atoms with E-state index in [1.165, 1.54) is 6.07 Å². The Morgan fingerprint density at radius 2 is 2.07 bits per heavy atom. The highest BCUT2D eigenvalue weighted by Crippen LogP contribution is 2.14. The lowest BCUT2D eigenvalue weighted by molar-refractivity contribution is 0.597. The second-order valence-electron chi connectivity index (χ2n) is 3.28. The number of benzene rings is 1. The molecule has 0 spiro atoms. The summed E-state index contributed by atoms with van der Waals surface area (Å²) in [5, 5.41) is 3.76. The summed E-state index contributed by atoms with van der Waals surface area (Å²) >= 11 is 11.3. The average molecular weight is 250 g/mol. The zero-order valence-corrected chi connectivity index (χ0v) is 9.91. The van der Waals surface area contributed by atoms with E-state index < -0.39 is 0 Å². The Morgan fingerprint density at radius 1 is 1.27 bits per heavy atom. The lowest BCUT2D eigenvalue weighted by atomic mass is 10.1. The molecule has 0 heterocycles. The molecule has 1 aromatic carbocycles. The number of halogens is 3. The van der Waals surface area contributed by atoms with Gasteiger partial charge in [-0.2, -0.15) is 0 Å². The van der Waals surface area contributed by atoms with Gasteiger partial charge >= 0.3 is 0 Å². The largest absolute Gasteiger partial charge is 0.316 e. The molecular formula is C11H14Cl2FN. The Morgan fingerprint density at radius 3 is 2.80 bits per heavy atom. The van der Waals surface area contributed by atoms with Crippen molar-refractivity contribution in [3.63, 3.8) is 0 Å². The summed E-state index contributed by atoms with van der Waals surface area (Å²) in [5.41, 5.74) is 0.654. The van der Waals surface area contributed by atoms with Crippen molar-refractivity contribution in [3.05, 3.63) is 34.6 Å². The minimum Gasteiger partial charge on any atom is -0.316 e. The smallest absolute Gasteiger partial charge is 0.126 e. The molecule has 1 aromatic rings. The molecule has 0 bridgehead atoms. The van der Waals surface area contributed by atoms with Crippen LogP contribution in [0.1, 0.15) is 12.0 Å². The summed E-state index contributed by atoms with van der Waals surface area (Å²) in [6.45, 7) is 1.61. The van der Waals surface area contributed by atoms with Gasteiger partial charge < -0.3 is 5.32 Å². The number of nitrogens with one attached hydrogen (secondary N) is 1. The molecule has 0 aliphatic rings. The van der Waals surface area contributed by atoms with E-state index in [2.05, 4.69) is 5.32 Å². The molecule has 0 saturated heterocycles. The Kier molecular flexibility index (Phi) is 5.99. The number of rotatable bonds is 6. The highest BCUT2D eigenvalue weighted by atomic mass is 35.5. The van der Waals surface area contributed by atoms with Gasteiger partial charge in [0, 0.05) is 10.9 Å². The zero-order valence-electron chi connectivity index (χ0n) is 8.40. The highest BCUT2D eigenvalue weighted by molar-refractivity contribution is 6.30. The van der Waals surface area contributed by atoms with Gasteiger partial charge in [-0.05, 0) is 49.7 Å². The Hall–Kier alpha value is -0.310. The minimum absolute atomic E-state index is 0.196. The van der Waals surface area contributed by atoms with Gasteiger partial charge in [0.15, 0.2) is 0 Å². The first kappa shape index (κ1) is 12.8. The molecule has 1 nitrogen and oxygen atoms in total. The summed E-state index contributed by atoms with van der Waals surface area (Å²) in [6, 6.07) is 4.62. The first-order valence-electron chi connectivity index (χ1n) is 4.94. The third kappa shape index (κ3) is 4.83. The minimum atomic E-state index is -0.196. The molecular weight excluding hydrogens is 236 g/mol. The van der Waals surface area contributed by atoms with Crippen LogP contribution in [0.5, 0.6) is 0 Å². The molecule has 0 aliphatic carbocycles. The third-order valence-electron chi connectivity index (χ3n) is 2.07. The van der Waals surface area contributed by atoms with E-state index in [4.69, 9.17) is 23.2 Å². The van der Waals surface area contributed by atoms with Crippen molar-refractivity contribution in [1.82, 2.24) is 5.32 Å². The number of hydrogen-bond donors (Lipinski definition) is 1. The molecule has 0 saturated carbocycles. The molecule has 84 valence electrons. The van der Waals surface area contributed by atoms with Crippen molar-refractivity contribution >= 4 is 23.2 Å². The van der Waals surface area contributed by atoms with Crippen LogP contribution in [0, 0.1) is 5.82 Å². The van der Waals surface area contributed by atoms with Crippen LogP contribution in [0.4, 0.5) is 4.39 Å². The highest BCUT2D eigenvalue weighted by Gasteiger charge is 2.02. The predicted molar refractivity (Wildman–Crippen MR) is 63.3 cm³/mol. The molecule has 4 heteroatoms. The van der Waals surface area contributed by atoms with E-state index in [0.29, 0.717) is 22.9 Å². The maximum atomic E-state index is 13.2. The summed E-state index contributed by atoms with van der Waals surface area (Å²) in [7, 11) is 0. The second-order valence-corrected chi connectivity index (χ2v) is 4.09. The molecule has 0 aliphatic heterocycles. The molecule has 0 unspecified atom stereocenters. The van der Waals surface area contributed by atoms with Crippen molar-refractivity contribution in [1.29, 1.82) is 0 Å². The lowest BCUT2D eigenvalue weighted by Crippen LogP contribution is -2.19. The van der Waals surface area contributed by atoms with Crippen molar-refractivity contribution in [2.45, 2.75) is 12.8 Å². The van der Waals surface area contributed by atoms with Crippen LogP contribution in [-0.4, -0.2) is 19.0 Å². The normalized spacial score (nSPS) is 10.6. The average Bonchev–Trinajstić information content (AvgIpc) is 2.23. The molecule has 1 N–H and O–H groups in total. The zero-order chi connectivity index (χ0) is 11.1. The third-order valence-corrected chi connectivity index (χ3v) is 2.57.